The van der Waals surface area contributed by atoms with Gasteiger partial charge in [0, 0.05) is 13.1 Å². The van der Waals surface area contributed by atoms with Crippen LogP contribution in [0.4, 0.5) is 4.39 Å². The molecule has 0 aliphatic rings. The van der Waals surface area contributed by atoms with Gasteiger partial charge >= 0.3 is 0 Å². The van der Waals surface area contributed by atoms with Crippen LogP contribution in [0.5, 0.6) is 0 Å². The van der Waals surface area contributed by atoms with Gasteiger partial charge in [0.25, 0.3) is 0 Å². The van der Waals surface area contributed by atoms with Crippen molar-refractivity contribution in [2.45, 2.75) is 18.0 Å². The van der Waals surface area contributed by atoms with Crippen molar-refractivity contribution in [1.82, 2.24) is 4.72 Å². The molecule has 0 fully saturated rings. The molecule has 7 heteroatoms. The molecule has 0 aliphatic heterocycles. The van der Waals surface area contributed by atoms with Crippen LogP contribution in [0.1, 0.15) is 11.1 Å². The quantitative estimate of drug-likeness (QED) is 0.846. The van der Waals surface area contributed by atoms with Gasteiger partial charge in [-0.3, -0.25) is 0 Å². The molecule has 0 unspecified atom stereocenters. The zero-order chi connectivity index (χ0) is 15.5. The fourth-order valence-electron chi connectivity index (χ4n) is 1.70. The summed E-state index contributed by atoms with van der Waals surface area (Å²) in [4.78, 5) is -0.109. The van der Waals surface area contributed by atoms with Gasteiger partial charge in [-0.05, 0) is 45.3 Å². The topological polar surface area (TPSA) is 72.2 Å². The van der Waals surface area contributed by atoms with Crippen LogP contribution in [0.3, 0.4) is 0 Å². The van der Waals surface area contributed by atoms with E-state index in [1.165, 1.54) is 12.1 Å². The minimum atomic E-state index is -3.75. The number of nitrogens with one attached hydrogen (secondary N) is 1. The number of hydrogen-bond acceptors (Lipinski definition) is 3. The number of rotatable bonds is 5. The monoisotopic (exact) mass is 372 g/mol. The predicted molar refractivity (Wildman–Crippen MR) is 82.5 cm³/mol. The molecule has 0 saturated carbocycles. The zero-order valence-electron chi connectivity index (χ0n) is 11.0. The number of hydrogen-bond donors (Lipinski definition) is 2. The zero-order valence-corrected chi connectivity index (χ0v) is 13.4. The first-order valence-electron chi connectivity index (χ1n) is 6.15. The Morgan fingerprint density at radius 1 is 1.10 bits per heavy atom. The molecular formula is C14H14BrFN2O2S. The van der Waals surface area contributed by atoms with E-state index in [4.69, 9.17) is 5.73 Å². The van der Waals surface area contributed by atoms with Gasteiger partial charge in [-0.15, -0.1) is 0 Å². The van der Waals surface area contributed by atoms with Crippen LogP contribution in [-0.2, 0) is 23.1 Å². The summed E-state index contributed by atoms with van der Waals surface area (Å²) < 4.78 is 40.2. The Morgan fingerprint density at radius 3 is 2.29 bits per heavy atom. The Morgan fingerprint density at radius 2 is 1.71 bits per heavy atom. The third-order valence-electron chi connectivity index (χ3n) is 2.93. The summed E-state index contributed by atoms with van der Waals surface area (Å²) >= 11 is 2.98. The van der Waals surface area contributed by atoms with Gasteiger partial charge in [-0.25, -0.2) is 17.5 Å². The predicted octanol–water partition coefficient (Wildman–Crippen LogP) is 2.53. The minimum Gasteiger partial charge on any atom is -0.326 e. The first-order valence-corrected chi connectivity index (χ1v) is 8.42. The molecule has 0 aliphatic carbocycles. The lowest BCUT2D eigenvalue weighted by molar-refractivity contribution is 0.576. The fourth-order valence-corrected chi connectivity index (χ4v) is 2.97. The highest BCUT2D eigenvalue weighted by Crippen LogP contribution is 2.19. The van der Waals surface area contributed by atoms with Crippen molar-refractivity contribution in [1.29, 1.82) is 0 Å². The highest BCUT2D eigenvalue weighted by atomic mass is 79.9. The molecule has 3 N–H and O–H groups in total. The second-order valence-electron chi connectivity index (χ2n) is 4.42. The number of benzene rings is 2. The van der Waals surface area contributed by atoms with Crippen molar-refractivity contribution in [3.63, 3.8) is 0 Å². The average molecular weight is 373 g/mol. The highest BCUT2D eigenvalue weighted by molar-refractivity contribution is 9.10. The van der Waals surface area contributed by atoms with E-state index in [2.05, 4.69) is 20.7 Å². The van der Waals surface area contributed by atoms with Crippen molar-refractivity contribution in [2.75, 3.05) is 0 Å². The molecule has 4 nitrogen and oxygen atoms in total. The summed E-state index contributed by atoms with van der Waals surface area (Å²) in [5.41, 5.74) is 7.26. The van der Waals surface area contributed by atoms with Gasteiger partial charge in [-0.2, -0.15) is 0 Å². The first-order chi connectivity index (χ1) is 9.92. The molecule has 0 radical (unpaired) electrons. The van der Waals surface area contributed by atoms with E-state index < -0.39 is 15.8 Å². The summed E-state index contributed by atoms with van der Waals surface area (Å²) in [5.74, 6) is -0.620. The molecule has 2 aromatic carbocycles. The maximum atomic E-state index is 13.4. The largest absolute Gasteiger partial charge is 0.326 e. The third kappa shape index (κ3) is 4.10. The maximum absolute atomic E-state index is 13.4. The normalized spacial score (nSPS) is 11.6. The van der Waals surface area contributed by atoms with E-state index in [0.29, 0.717) is 6.54 Å². The Labute approximate surface area is 131 Å². The summed E-state index contributed by atoms with van der Waals surface area (Å²) in [5, 5.41) is 0. The second-order valence-corrected chi connectivity index (χ2v) is 7.04. The molecule has 0 saturated heterocycles. The Balaban J connectivity index is 2.11. The third-order valence-corrected chi connectivity index (χ3v) is 4.97. The summed E-state index contributed by atoms with van der Waals surface area (Å²) in [6.07, 6.45) is 0. The van der Waals surface area contributed by atoms with Crippen LogP contribution < -0.4 is 10.5 Å². The standard InChI is InChI=1S/C14H14BrFN2O2S/c15-13-6-5-12(7-14(13)16)21(19,20)18-9-11-3-1-10(8-17)2-4-11/h1-7,18H,8-9,17H2. The van der Waals surface area contributed by atoms with Crippen LogP contribution in [0, 0.1) is 5.82 Å². The Kier molecular flexibility index (Phi) is 5.10. The molecule has 0 atom stereocenters. The van der Waals surface area contributed by atoms with Crippen molar-refractivity contribution in [3.8, 4) is 0 Å². The second kappa shape index (κ2) is 6.65. The number of halogens is 2. The van der Waals surface area contributed by atoms with E-state index in [1.54, 1.807) is 12.1 Å². The van der Waals surface area contributed by atoms with E-state index in [-0.39, 0.29) is 15.9 Å². The van der Waals surface area contributed by atoms with Crippen molar-refractivity contribution in [2.24, 2.45) is 5.73 Å². The van der Waals surface area contributed by atoms with Gasteiger partial charge in [0.1, 0.15) is 5.82 Å². The van der Waals surface area contributed by atoms with Crippen LogP contribution in [0.2, 0.25) is 0 Å². The highest BCUT2D eigenvalue weighted by Gasteiger charge is 2.15. The van der Waals surface area contributed by atoms with Crippen LogP contribution in [0.15, 0.2) is 51.8 Å². The van der Waals surface area contributed by atoms with E-state index >= 15 is 0 Å². The van der Waals surface area contributed by atoms with Gasteiger partial charge in [0.2, 0.25) is 10.0 Å². The van der Waals surface area contributed by atoms with Crippen LogP contribution >= 0.6 is 15.9 Å². The molecule has 2 rings (SSSR count). The molecular weight excluding hydrogens is 359 g/mol. The molecule has 0 spiro atoms. The lowest BCUT2D eigenvalue weighted by Gasteiger charge is -2.08. The molecule has 0 amide bonds. The average Bonchev–Trinajstić information content (AvgIpc) is 2.48. The van der Waals surface area contributed by atoms with Gasteiger partial charge < -0.3 is 5.73 Å². The molecule has 0 aromatic heterocycles. The van der Waals surface area contributed by atoms with E-state index in [0.717, 1.165) is 17.2 Å². The van der Waals surface area contributed by atoms with E-state index in [9.17, 15) is 12.8 Å². The molecule has 0 heterocycles. The van der Waals surface area contributed by atoms with Gasteiger partial charge in [0.05, 0.1) is 9.37 Å². The Hall–Kier alpha value is -1.28. The van der Waals surface area contributed by atoms with Crippen molar-refractivity contribution >= 4 is 26.0 Å². The van der Waals surface area contributed by atoms with Gasteiger partial charge in [-0.1, -0.05) is 24.3 Å². The first kappa shape index (κ1) is 16.1. The molecule has 21 heavy (non-hydrogen) atoms. The summed E-state index contributed by atoms with van der Waals surface area (Å²) in [6.45, 7) is 0.565. The molecule has 2 aromatic rings. The van der Waals surface area contributed by atoms with Crippen LogP contribution in [0.25, 0.3) is 0 Å². The van der Waals surface area contributed by atoms with Gasteiger partial charge in [0.15, 0.2) is 0 Å². The lowest BCUT2D eigenvalue weighted by atomic mass is 10.1. The van der Waals surface area contributed by atoms with Crippen molar-refractivity contribution in [3.05, 3.63) is 63.9 Å². The maximum Gasteiger partial charge on any atom is 0.240 e. The lowest BCUT2D eigenvalue weighted by Crippen LogP contribution is -2.23. The Bertz CT molecular complexity index is 733. The van der Waals surface area contributed by atoms with Crippen molar-refractivity contribution < 1.29 is 12.8 Å². The van der Waals surface area contributed by atoms with E-state index in [1.807, 2.05) is 12.1 Å². The number of sulfonamides is 1. The molecule has 112 valence electrons. The number of nitrogens with two attached hydrogens (primary N) is 1. The summed E-state index contributed by atoms with van der Waals surface area (Å²) in [7, 11) is -3.75. The fraction of sp³-hybridized carbons (Fsp3) is 0.143. The minimum absolute atomic E-state index is 0.109. The SMILES string of the molecule is NCc1ccc(CNS(=O)(=O)c2ccc(Br)c(F)c2)cc1. The smallest absolute Gasteiger partial charge is 0.240 e. The van der Waals surface area contributed by atoms with Crippen LogP contribution in [-0.4, -0.2) is 8.42 Å². The molecule has 0 bridgehead atoms. The summed E-state index contributed by atoms with van der Waals surface area (Å²) in [6, 6.07) is 10.9.